The molecule has 1 aliphatic rings. The second kappa shape index (κ2) is 5.98. The molecule has 1 N–H and O–H groups in total. The highest BCUT2D eigenvalue weighted by molar-refractivity contribution is 9.10. The molecule has 114 valence electrons. The van der Waals surface area contributed by atoms with Gasteiger partial charge in [-0.25, -0.2) is 4.83 Å². The minimum Gasteiger partial charge on any atom is -0.454 e. The van der Waals surface area contributed by atoms with Crippen LogP contribution in [0.25, 0.3) is 0 Å². The molecule has 0 aliphatic carbocycles. The molecular weight excluding hydrogens is 372 g/mol. The van der Waals surface area contributed by atoms with Gasteiger partial charge in [0.25, 0.3) is 10.0 Å². The molecule has 1 heterocycles. The smallest absolute Gasteiger partial charge is 0.276 e. The van der Waals surface area contributed by atoms with Gasteiger partial charge >= 0.3 is 0 Å². The van der Waals surface area contributed by atoms with Crippen molar-refractivity contribution in [1.82, 2.24) is 4.83 Å². The first-order chi connectivity index (χ1) is 10.6. The van der Waals surface area contributed by atoms with E-state index < -0.39 is 10.0 Å². The fraction of sp³-hybridized carbons (Fsp3) is 0.0714. The largest absolute Gasteiger partial charge is 0.454 e. The van der Waals surface area contributed by atoms with Crippen molar-refractivity contribution in [3.63, 3.8) is 0 Å². The van der Waals surface area contributed by atoms with Crippen molar-refractivity contribution in [2.24, 2.45) is 5.10 Å². The zero-order valence-corrected chi connectivity index (χ0v) is 13.6. The molecule has 0 saturated heterocycles. The Morgan fingerprint density at radius 1 is 1.14 bits per heavy atom. The molecule has 0 saturated carbocycles. The van der Waals surface area contributed by atoms with Crippen LogP contribution < -0.4 is 14.3 Å². The Hall–Kier alpha value is -2.06. The molecule has 0 unspecified atom stereocenters. The maximum atomic E-state index is 12.0. The van der Waals surface area contributed by atoms with Crippen LogP contribution in [0, 0.1) is 0 Å². The van der Waals surface area contributed by atoms with E-state index in [4.69, 9.17) is 9.47 Å². The van der Waals surface area contributed by atoms with Crippen LogP contribution in [0.15, 0.2) is 56.9 Å². The molecule has 2 aromatic rings. The van der Waals surface area contributed by atoms with Crippen LogP contribution >= 0.6 is 15.9 Å². The average molecular weight is 383 g/mol. The molecule has 0 spiro atoms. The molecule has 22 heavy (non-hydrogen) atoms. The minimum atomic E-state index is -3.67. The summed E-state index contributed by atoms with van der Waals surface area (Å²) in [4.78, 5) is 2.32. The standard InChI is InChI=1S/C14H11BrN2O4S/c15-12-7-14-13(20-9-21-14)6-10(12)8-16-17-22(18,19)11-4-2-1-3-5-11/h1-8,17H,9H2/b16-8+. The van der Waals surface area contributed by atoms with Crippen LogP contribution in [-0.4, -0.2) is 21.4 Å². The van der Waals surface area contributed by atoms with Gasteiger partial charge in [0.2, 0.25) is 6.79 Å². The molecule has 0 aromatic heterocycles. The highest BCUT2D eigenvalue weighted by Crippen LogP contribution is 2.36. The molecule has 6 nitrogen and oxygen atoms in total. The van der Waals surface area contributed by atoms with Gasteiger partial charge in [0.05, 0.1) is 11.1 Å². The highest BCUT2D eigenvalue weighted by atomic mass is 79.9. The number of nitrogens with one attached hydrogen (secondary N) is 1. The summed E-state index contributed by atoms with van der Waals surface area (Å²) in [5.74, 6) is 1.23. The normalized spacial score (nSPS) is 13.5. The summed E-state index contributed by atoms with van der Waals surface area (Å²) < 4.78 is 35.3. The molecule has 0 fully saturated rings. The Balaban J connectivity index is 1.78. The summed E-state index contributed by atoms with van der Waals surface area (Å²) in [6.45, 7) is 0.170. The highest BCUT2D eigenvalue weighted by Gasteiger charge is 2.16. The van der Waals surface area contributed by atoms with Gasteiger partial charge in [-0.05, 0) is 40.2 Å². The Kier molecular flexibility index (Phi) is 4.04. The Morgan fingerprint density at radius 3 is 2.55 bits per heavy atom. The Labute approximate surface area is 135 Å². The number of sulfonamides is 1. The number of hydrazone groups is 1. The van der Waals surface area contributed by atoms with Crippen LogP contribution in [0.1, 0.15) is 5.56 Å². The number of ether oxygens (including phenoxy) is 2. The van der Waals surface area contributed by atoms with E-state index >= 15 is 0 Å². The van der Waals surface area contributed by atoms with Crippen molar-refractivity contribution >= 4 is 32.2 Å². The van der Waals surface area contributed by atoms with E-state index in [2.05, 4.69) is 25.9 Å². The van der Waals surface area contributed by atoms with Gasteiger partial charge in [0, 0.05) is 10.0 Å². The van der Waals surface area contributed by atoms with Crippen molar-refractivity contribution < 1.29 is 17.9 Å². The number of benzene rings is 2. The second-order valence-corrected chi connectivity index (χ2v) is 6.91. The zero-order chi connectivity index (χ0) is 15.6. The summed E-state index contributed by atoms with van der Waals surface area (Å²) >= 11 is 3.37. The molecule has 1 aliphatic heterocycles. The van der Waals surface area contributed by atoms with Gasteiger partial charge in [-0.2, -0.15) is 13.5 Å². The van der Waals surface area contributed by atoms with Crippen molar-refractivity contribution in [2.75, 3.05) is 6.79 Å². The molecule has 8 heteroatoms. The number of halogens is 1. The first-order valence-corrected chi connectivity index (χ1v) is 8.53. The SMILES string of the molecule is O=S(=O)(N/N=C/c1cc2c(cc1Br)OCO2)c1ccccc1. The molecule has 0 bridgehead atoms. The minimum absolute atomic E-state index is 0.150. The average Bonchev–Trinajstić information content (AvgIpc) is 2.95. The van der Waals surface area contributed by atoms with E-state index in [1.807, 2.05) is 0 Å². The molecule has 0 radical (unpaired) electrons. The van der Waals surface area contributed by atoms with Gasteiger partial charge < -0.3 is 9.47 Å². The number of hydrogen-bond donors (Lipinski definition) is 1. The Bertz CT molecular complexity index is 822. The number of fused-ring (bicyclic) bond motifs is 1. The van der Waals surface area contributed by atoms with E-state index in [0.717, 1.165) is 4.47 Å². The molecule has 3 rings (SSSR count). The maximum Gasteiger partial charge on any atom is 0.276 e. The monoisotopic (exact) mass is 382 g/mol. The molecule has 0 amide bonds. The van der Waals surface area contributed by atoms with Crippen molar-refractivity contribution in [3.8, 4) is 11.5 Å². The van der Waals surface area contributed by atoms with Crippen LogP contribution in [0.5, 0.6) is 11.5 Å². The third kappa shape index (κ3) is 3.07. The number of hydrogen-bond acceptors (Lipinski definition) is 5. The molecule has 2 aromatic carbocycles. The molecule has 0 atom stereocenters. The fourth-order valence-corrected chi connectivity index (χ4v) is 3.09. The summed E-state index contributed by atoms with van der Waals surface area (Å²) in [6.07, 6.45) is 1.40. The summed E-state index contributed by atoms with van der Waals surface area (Å²) in [5.41, 5.74) is 0.667. The maximum absolute atomic E-state index is 12.0. The van der Waals surface area contributed by atoms with Gasteiger partial charge in [-0.1, -0.05) is 18.2 Å². The molecular formula is C14H11BrN2O4S. The van der Waals surface area contributed by atoms with Crippen LogP contribution in [0.3, 0.4) is 0 Å². The van der Waals surface area contributed by atoms with E-state index in [-0.39, 0.29) is 11.7 Å². The van der Waals surface area contributed by atoms with E-state index in [0.29, 0.717) is 17.1 Å². The summed E-state index contributed by atoms with van der Waals surface area (Å²) in [6, 6.07) is 11.5. The van der Waals surface area contributed by atoms with Crippen molar-refractivity contribution in [3.05, 3.63) is 52.5 Å². The zero-order valence-electron chi connectivity index (χ0n) is 11.2. The van der Waals surface area contributed by atoms with E-state index in [1.54, 1.807) is 30.3 Å². The van der Waals surface area contributed by atoms with Gasteiger partial charge in [0.15, 0.2) is 11.5 Å². The van der Waals surface area contributed by atoms with Crippen LogP contribution in [-0.2, 0) is 10.0 Å². The fourth-order valence-electron chi connectivity index (χ4n) is 1.85. The lowest BCUT2D eigenvalue weighted by molar-refractivity contribution is 0.174. The third-order valence-electron chi connectivity index (χ3n) is 2.92. The number of rotatable bonds is 4. The van der Waals surface area contributed by atoms with Crippen molar-refractivity contribution in [1.29, 1.82) is 0 Å². The van der Waals surface area contributed by atoms with Crippen LogP contribution in [0.4, 0.5) is 0 Å². The lowest BCUT2D eigenvalue weighted by Crippen LogP contribution is -2.18. The lowest BCUT2D eigenvalue weighted by atomic mass is 10.2. The van der Waals surface area contributed by atoms with Crippen LogP contribution in [0.2, 0.25) is 0 Å². The second-order valence-electron chi connectivity index (χ2n) is 4.39. The van der Waals surface area contributed by atoms with E-state index in [9.17, 15) is 8.42 Å². The topological polar surface area (TPSA) is 77.0 Å². The predicted octanol–water partition coefficient (Wildman–Crippen LogP) is 2.49. The third-order valence-corrected chi connectivity index (χ3v) is 4.85. The van der Waals surface area contributed by atoms with Crippen molar-refractivity contribution in [2.45, 2.75) is 4.90 Å². The van der Waals surface area contributed by atoms with Gasteiger partial charge in [0.1, 0.15) is 0 Å². The van der Waals surface area contributed by atoms with Gasteiger partial charge in [-0.15, -0.1) is 0 Å². The quantitative estimate of drug-likeness (QED) is 0.650. The number of nitrogens with zero attached hydrogens (tertiary/aromatic N) is 1. The Morgan fingerprint density at radius 2 is 1.82 bits per heavy atom. The lowest BCUT2D eigenvalue weighted by Gasteiger charge is -2.04. The summed E-state index contributed by atoms with van der Waals surface area (Å²) in [5, 5.41) is 3.79. The first kappa shape index (κ1) is 14.9. The summed E-state index contributed by atoms with van der Waals surface area (Å²) in [7, 11) is -3.67. The van der Waals surface area contributed by atoms with Gasteiger partial charge in [-0.3, -0.25) is 0 Å². The van der Waals surface area contributed by atoms with E-state index in [1.165, 1.54) is 18.3 Å². The first-order valence-electron chi connectivity index (χ1n) is 6.25. The predicted molar refractivity (Wildman–Crippen MR) is 84.6 cm³/mol.